The first kappa shape index (κ1) is 14.9. The number of thiophene rings is 1. The summed E-state index contributed by atoms with van der Waals surface area (Å²) >= 11 is 3.49. The molecule has 0 radical (unpaired) electrons. The van der Waals surface area contributed by atoms with Crippen LogP contribution in [0.25, 0.3) is 0 Å². The number of amides is 1. The number of nitrogens with zero attached hydrogens (tertiary/aromatic N) is 3. The maximum atomic E-state index is 12.8. The van der Waals surface area contributed by atoms with Gasteiger partial charge in [0.25, 0.3) is 0 Å². The maximum absolute atomic E-state index is 12.8. The lowest BCUT2D eigenvalue weighted by molar-refractivity contribution is -0.121. The molecule has 1 aromatic heterocycles. The zero-order valence-electron chi connectivity index (χ0n) is 12.3. The molecule has 1 amide bonds. The summed E-state index contributed by atoms with van der Waals surface area (Å²) in [6.07, 6.45) is 0.867. The van der Waals surface area contributed by atoms with E-state index < -0.39 is 0 Å². The van der Waals surface area contributed by atoms with Crippen molar-refractivity contribution in [3.05, 3.63) is 17.0 Å². The van der Waals surface area contributed by atoms with Gasteiger partial charge < -0.3 is 4.90 Å². The molecule has 6 heteroatoms. The van der Waals surface area contributed by atoms with Gasteiger partial charge in [-0.2, -0.15) is 17.0 Å². The summed E-state index contributed by atoms with van der Waals surface area (Å²) < 4.78 is 0. The quantitative estimate of drug-likeness (QED) is 0.840. The fraction of sp³-hybridized carbons (Fsp3) is 0.600. The summed E-state index contributed by atoms with van der Waals surface area (Å²) in [5.74, 6) is 0.167. The number of anilines is 1. The predicted molar refractivity (Wildman–Crippen MR) is 87.9 cm³/mol. The molecule has 2 aliphatic rings. The van der Waals surface area contributed by atoms with E-state index in [1.165, 1.54) is 11.3 Å². The zero-order chi connectivity index (χ0) is 15.0. The molecule has 0 aromatic carbocycles. The van der Waals surface area contributed by atoms with Crippen molar-refractivity contribution in [1.29, 1.82) is 5.26 Å². The van der Waals surface area contributed by atoms with Crippen molar-refractivity contribution >= 4 is 34.0 Å². The fourth-order valence-corrected chi connectivity index (χ4v) is 5.50. The third kappa shape index (κ3) is 2.83. The van der Waals surface area contributed by atoms with Crippen LogP contribution in [0.2, 0.25) is 0 Å². The molecule has 0 spiro atoms. The molecule has 112 valence electrons. The lowest BCUT2D eigenvalue weighted by Crippen LogP contribution is -2.49. The van der Waals surface area contributed by atoms with Crippen LogP contribution >= 0.6 is 23.1 Å². The Hall–Kier alpha value is -1.03. The number of hydrogen-bond acceptors (Lipinski definition) is 5. The number of thioether (sulfide) groups is 1. The highest BCUT2D eigenvalue weighted by molar-refractivity contribution is 8.00. The van der Waals surface area contributed by atoms with Crippen molar-refractivity contribution in [2.45, 2.75) is 36.8 Å². The molecule has 3 atom stereocenters. The Labute approximate surface area is 133 Å². The smallest absolute Gasteiger partial charge is 0.245 e. The standard InChI is InChI=1S/C15H19N3OS2/c1-10-8-17(9-11(2)21-10)13-3-5-18(14(13)19)15-12(7-16)4-6-20-15/h4,6,10-11,13H,3,5,8-9H2,1-2H3/t10-,11-,13+/m0/s1. The molecule has 2 saturated heterocycles. The average molecular weight is 321 g/mol. The van der Waals surface area contributed by atoms with Crippen molar-refractivity contribution in [2.75, 3.05) is 24.5 Å². The minimum absolute atomic E-state index is 0.00978. The largest absolute Gasteiger partial charge is 0.301 e. The number of nitriles is 1. The van der Waals surface area contributed by atoms with Gasteiger partial charge in [-0.3, -0.25) is 9.69 Å². The Morgan fingerprint density at radius 3 is 2.71 bits per heavy atom. The van der Waals surface area contributed by atoms with Crippen LogP contribution in [-0.2, 0) is 4.79 Å². The van der Waals surface area contributed by atoms with E-state index in [1.807, 2.05) is 22.0 Å². The van der Waals surface area contributed by atoms with Crippen molar-refractivity contribution in [3.8, 4) is 6.07 Å². The van der Waals surface area contributed by atoms with Crippen molar-refractivity contribution in [2.24, 2.45) is 0 Å². The topological polar surface area (TPSA) is 47.3 Å². The number of carbonyl (C=O) groups is 1. The summed E-state index contributed by atoms with van der Waals surface area (Å²) in [5, 5.41) is 13.0. The van der Waals surface area contributed by atoms with Gasteiger partial charge in [-0.15, -0.1) is 11.3 Å². The van der Waals surface area contributed by atoms with E-state index in [0.717, 1.165) is 31.1 Å². The van der Waals surface area contributed by atoms with Crippen LogP contribution in [0.4, 0.5) is 5.00 Å². The molecule has 0 saturated carbocycles. The van der Waals surface area contributed by atoms with Crippen LogP contribution in [0.3, 0.4) is 0 Å². The lowest BCUT2D eigenvalue weighted by atomic mass is 10.2. The second-order valence-corrected chi connectivity index (χ2v) is 8.53. The molecule has 0 aliphatic carbocycles. The van der Waals surface area contributed by atoms with E-state index in [0.29, 0.717) is 16.1 Å². The van der Waals surface area contributed by atoms with Crippen molar-refractivity contribution < 1.29 is 4.79 Å². The van der Waals surface area contributed by atoms with Crippen molar-refractivity contribution in [1.82, 2.24) is 4.90 Å². The second kappa shape index (κ2) is 5.99. The van der Waals surface area contributed by atoms with Crippen LogP contribution < -0.4 is 4.90 Å². The van der Waals surface area contributed by atoms with Crippen LogP contribution in [0.1, 0.15) is 25.8 Å². The molecule has 0 unspecified atom stereocenters. The molecule has 3 rings (SSSR count). The molecule has 2 aliphatic heterocycles. The monoisotopic (exact) mass is 321 g/mol. The maximum Gasteiger partial charge on any atom is 0.245 e. The molecule has 1 aromatic rings. The minimum Gasteiger partial charge on any atom is -0.301 e. The highest BCUT2D eigenvalue weighted by atomic mass is 32.2. The van der Waals surface area contributed by atoms with E-state index in [4.69, 9.17) is 5.26 Å². The van der Waals surface area contributed by atoms with Gasteiger partial charge in [-0.05, 0) is 17.9 Å². The predicted octanol–water partition coefficient (Wildman–Crippen LogP) is 2.55. The molecular formula is C15H19N3OS2. The summed E-state index contributed by atoms with van der Waals surface area (Å²) in [6.45, 7) is 7.16. The van der Waals surface area contributed by atoms with Gasteiger partial charge in [0.05, 0.1) is 11.6 Å². The van der Waals surface area contributed by atoms with Gasteiger partial charge in [-0.25, -0.2) is 0 Å². The van der Waals surface area contributed by atoms with E-state index in [1.54, 1.807) is 6.07 Å². The van der Waals surface area contributed by atoms with E-state index in [2.05, 4.69) is 24.8 Å². The fourth-order valence-electron chi connectivity index (χ4n) is 3.27. The normalized spacial score (nSPS) is 30.6. The molecule has 0 bridgehead atoms. The first-order chi connectivity index (χ1) is 10.1. The first-order valence-corrected chi connectivity index (χ1v) is 9.11. The lowest BCUT2D eigenvalue weighted by Gasteiger charge is -2.37. The molecular weight excluding hydrogens is 302 g/mol. The molecule has 4 nitrogen and oxygen atoms in total. The third-order valence-corrected chi connectivity index (χ3v) is 6.24. The van der Waals surface area contributed by atoms with Crippen LogP contribution in [0, 0.1) is 11.3 Å². The van der Waals surface area contributed by atoms with Gasteiger partial charge >= 0.3 is 0 Å². The molecule has 21 heavy (non-hydrogen) atoms. The molecule has 3 heterocycles. The van der Waals surface area contributed by atoms with Gasteiger partial charge in [-0.1, -0.05) is 13.8 Å². The Kier molecular flexibility index (Phi) is 4.25. The zero-order valence-corrected chi connectivity index (χ0v) is 13.9. The third-order valence-electron chi connectivity index (χ3n) is 4.08. The molecule has 0 N–H and O–H groups in total. The number of rotatable bonds is 2. The second-order valence-electron chi connectivity index (χ2n) is 5.76. The van der Waals surface area contributed by atoms with E-state index in [-0.39, 0.29) is 11.9 Å². The highest BCUT2D eigenvalue weighted by Gasteiger charge is 2.40. The Balaban J connectivity index is 1.76. The number of carbonyl (C=O) groups excluding carboxylic acids is 1. The first-order valence-electron chi connectivity index (χ1n) is 7.28. The Bertz CT molecular complexity index is 570. The highest BCUT2D eigenvalue weighted by Crippen LogP contribution is 2.34. The van der Waals surface area contributed by atoms with Gasteiger partial charge in [0.2, 0.25) is 5.91 Å². The van der Waals surface area contributed by atoms with Gasteiger partial charge in [0, 0.05) is 30.1 Å². The van der Waals surface area contributed by atoms with Gasteiger partial charge in [0.15, 0.2) is 0 Å². The van der Waals surface area contributed by atoms with Crippen LogP contribution in [-0.4, -0.2) is 47.0 Å². The summed E-state index contributed by atoms with van der Waals surface area (Å²) in [7, 11) is 0. The number of hydrogen-bond donors (Lipinski definition) is 0. The molecule has 2 fully saturated rings. The van der Waals surface area contributed by atoms with E-state index >= 15 is 0 Å². The Morgan fingerprint density at radius 1 is 1.33 bits per heavy atom. The summed E-state index contributed by atoms with van der Waals surface area (Å²) in [6, 6.07) is 3.97. The van der Waals surface area contributed by atoms with E-state index in [9.17, 15) is 4.79 Å². The average Bonchev–Trinajstić information content (AvgIpc) is 3.03. The Morgan fingerprint density at radius 2 is 2.05 bits per heavy atom. The van der Waals surface area contributed by atoms with Gasteiger partial charge in [0.1, 0.15) is 11.1 Å². The van der Waals surface area contributed by atoms with Crippen LogP contribution in [0.5, 0.6) is 0 Å². The minimum atomic E-state index is -0.00978. The van der Waals surface area contributed by atoms with Crippen LogP contribution in [0.15, 0.2) is 11.4 Å². The summed E-state index contributed by atoms with van der Waals surface area (Å²) in [4.78, 5) is 16.9. The van der Waals surface area contributed by atoms with Crippen molar-refractivity contribution in [3.63, 3.8) is 0 Å². The SMILES string of the molecule is C[C@H]1CN([C@@H]2CCN(c3sccc3C#N)C2=O)C[C@H](C)S1. The summed E-state index contributed by atoms with van der Waals surface area (Å²) in [5.41, 5.74) is 0.616.